The van der Waals surface area contributed by atoms with E-state index in [9.17, 15) is 5.26 Å². The predicted molar refractivity (Wildman–Crippen MR) is 92.3 cm³/mol. The van der Waals surface area contributed by atoms with Crippen LogP contribution < -0.4 is 10.3 Å². The Balaban J connectivity index is 2.38. The van der Waals surface area contributed by atoms with Crippen LogP contribution in [0.25, 0.3) is 0 Å². The molecule has 4 heteroatoms. The number of hydrogen-bond donors (Lipinski definition) is 1. The number of pyridine rings is 1. The number of nitrogens with one attached hydrogen (secondary N) is 2. The van der Waals surface area contributed by atoms with Crippen LogP contribution in [0.4, 0.5) is 5.82 Å². The Morgan fingerprint density at radius 3 is 2.65 bits per heavy atom. The Bertz CT molecular complexity index is 587. The number of aryl methyl sites for hydroxylation is 1. The van der Waals surface area contributed by atoms with Gasteiger partial charge in [0.2, 0.25) is 0 Å². The number of rotatable bonds is 7. The minimum atomic E-state index is -0.205. The van der Waals surface area contributed by atoms with E-state index in [2.05, 4.69) is 44.1 Å². The summed E-state index contributed by atoms with van der Waals surface area (Å²) in [6.45, 7) is 10.1. The lowest BCUT2D eigenvalue weighted by Crippen LogP contribution is -2.36. The number of H-pyrrole nitrogens is 1. The van der Waals surface area contributed by atoms with Crippen LogP contribution in [0.3, 0.4) is 0 Å². The molecule has 0 atom stereocenters. The van der Waals surface area contributed by atoms with Crippen LogP contribution in [-0.2, 0) is 24.2 Å². The summed E-state index contributed by atoms with van der Waals surface area (Å²) in [5, 5.41) is 13.2. The van der Waals surface area contributed by atoms with Gasteiger partial charge in [-0.15, -0.1) is 0 Å². The summed E-state index contributed by atoms with van der Waals surface area (Å²) in [6, 6.07) is 2.42. The molecule has 4 nitrogen and oxygen atoms in total. The van der Waals surface area contributed by atoms with Crippen molar-refractivity contribution in [2.24, 2.45) is 0 Å². The van der Waals surface area contributed by atoms with Gasteiger partial charge in [-0.05, 0) is 38.7 Å². The van der Waals surface area contributed by atoms with Gasteiger partial charge < -0.3 is 4.74 Å². The zero-order chi connectivity index (χ0) is 16.9. The first kappa shape index (κ1) is 17.7. The minimum Gasteiger partial charge on any atom is -0.370 e. The first-order valence-corrected chi connectivity index (χ1v) is 8.90. The van der Waals surface area contributed by atoms with Crippen molar-refractivity contribution in [3.63, 3.8) is 0 Å². The van der Waals surface area contributed by atoms with E-state index < -0.39 is 0 Å². The summed E-state index contributed by atoms with van der Waals surface area (Å²) >= 11 is 0. The van der Waals surface area contributed by atoms with Crippen molar-refractivity contribution in [3.8, 4) is 6.07 Å². The molecule has 0 amide bonds. The van der Waals surface area contributed by atoms with Gasteiger partial charge in [0.15, 0.2) is 0 Å². The summed E-state index contributed by atoms with van der Waals surface area (Å²) in [4.78, 5) is 3.48. The van der Waals surface area contributed by atoms with E-state index in [-0.39, 0.29) is 5.60 Å². The van der Waals surface area contributed by atoms with E-state index in [0.717, 1.165) is 43.6 Å². The lowest BCUT2D eigenvalue weighted by molar-refractivity contribution is -0.375. The van der Waals surface area contributed by atoms with Gasteiger partial charge in [0, 0.05) is 18.4 Å². The molecule has 0 aliphatic carbocycles. The zero-order valence-corrected chi connectivity index (χ0v) is 15.0. The van der Waals surface area contributed by atoms with Gasteiger partial charge in [0.05, 0.1) is 18.8 Å². The van der Waals surface area contributed by atoms with E-state index in [4.69, 9.17) is 4.74 Å². The van der Waals surface area contributed by atoms with E-state index >= 15 is 0 Å². The Kier molecular flexibility index (Phi) is 6.01. The third-order valence-corrected chi connectivity index (χ3v) is 4.46. The van der Waals surface area contributed by atoms with Crippen LogP contribution in [0.1, 0.15) is 75.8 Å². The Labute approximate surface area is 140 Å². The number of aromatic nitrogens is 1. The lowest BCUT2D eigenvalue weighted by Gasteiger charge is -2.32. The summed E-state index contributed by atoms with van der Waals surface area (Å²) in [5.74, 6) is 0.892. The monoisotopic (exact) mass is 316 g/mol. The highest BCUT2D eigenvalue weighted by Crippen LogP contribution is 2.33. The average molecular weight is 316 g/mol. The topological polar surface area (TPSA) is 59.2 Å². The van der Waals surface area contributed by atoms with Crippen molar-refractivity contribution >= 4 is 5.82 Å². The average Bonchev–Trinajstić information content (AvgIpc) is 2.51. The van der Waals surface area contributed by atoms with Gasteiger partial charge in [-0.3, -0.25) is 5.32 Å². The second-order valence-electron chi connectivity index (χ2n) is 7.03. The highest BCUT2D eigenvalue weighted by molar-refractivity contribution is 5.56. The molecule has 0 saturated heterocycles. The van der Waals surface area contributed by atoms with Crippen LogP contribution in [0, 0.1) is 11.3 Å². The van der Waals surface area contributed by atoms with E-state index in [1.54, 1.807) is 0 Å². The summed E-state index contributed by atoms with van der Waals surface area (Å²) in [5.41, 5.74) is 4.15. The molecule has 2 N–H and O–H groups in total. The fraction of sp³-hybridized carbons (Fsp3) is 0.684. The van der Waals surface area contributed by atoms with Crippen LogP contribution >= 0.6 is 0 Å². The number of ether oxygens (including phenoxy) is 1. The van der Waals surface area contributed by atoms with Crippen LogP contribution in [0.15, 0.2) is 0 Å². The molecular formula is C19H30N3O+. The van der Waals surface area contributed by atoms with Crippen molar-refractivity contribution in [2.75, 3.05) is 11.9 Å². The summed E-state index contributed by atoms with van der Waals surface area (Å²) < 4.78 is 5.98. The Morgan fingerprint density at radius 1 is 1.22 bits per heavy atom. The fourth-order valence-electron chi connectivity index (χ4n) is 3.19. The van der Waals surface area contributed by atoms with Crippen molar-refractivity contribution in [1.29, 1.82) is 5.26 Å². The normalized spacial score (nSPS) is 15.8. The molecule has 1 aliphatic rings. The molecule has 0 fully saturated rings. The third-order valence-electron chi connectivity index (χ3n) is 4.46. The molecule has 0 aromatic carbocycles. The number of nitrogens with zero attached hydrogens (tertiary/aromatic N) is 1. The molecule has 0 saturated carbocycles. The summed E-state index contributed by atoms with van der Waals surface area (Å²) in [7, 11) is 0. The fourth-order valence-corrected chi connectivity index (χ4v) is 3.19. The van der Waals surface area contributed by atoms with E-state index in [0.29, 0.717) is 6.61 Å². The molecule has 0 bridgehead atoms. The Morgan fingerprint density at radius 2 is 2.00 bits per heavy atom. The highest BCUT2D eigenvalue weighted by atomic mass is 16.5. The number of nitriles is 1. The lowest BCUT2D eigenvalue weighted by atomic mass is 9.87. The molecular weight excluding hydrogens is 286 g/mol. The summed E-state index contributed by atoms with van der Waals surface area (Å²) in [6.07, 6.45) is 6.40. The maximum Gasteiger partial charge on any atom is 0.290 e. The Hall–Kier alpha value is -1.60. The van der Waals surface area contributed by atoms with Gasteiger partial charge in [0.1, 0.15) is 17.3 Å². The van der Waals surface area contributed by atoms with Gasteiger partial charge in [-0.2, -0.15) is 5.26 Å². The number of aromatic amines is 1. The van der Waals surface area contributed by atoms with E-state index in [1.165, 1.54) is 29.7 Å². The molecule has 2 heterocycles. The largest absolute Gasteiger partial charge is 0.370 e. The standard InChI is InChI=1S/C19H29N3O/c1-5-7-8-10-21-18-15(12-20)14-11-19(3,4)23-13-16(14)17(22-18)9-6-2/h5-11,13H2,1-4H3,(H,21,22)/p+1. The zero-order valence-electron chi connectivity index (χ0n) is 15.0. The SMILES string of the molecule is CCCCCNc1[nH+]c(CCC)c2c(c1C#N)CC(C)(C)OC2. The third kappa shape index (κ3) is 4.23. The van der Waals surface area contributed by atoms with Crippen LogP contribution in [-0.4, -0.2) is 12.1 Å². The molecule has 1 aromatic rings. The second kappa shape index (κ2) is 7.79. The molecule has 1 aliphatic heterocycles. The van der Waals surface area contributed by atoms with Crippen molar-refractivity contribution in [3.05, 3.63) is 22.4 Å². The highest BCUT2D eigenvalue weighted by Gasteiger charge is 2.33. The first-order chi connectivity index (χ1) is 11.0. The number of fused-ring (bicyclic) bond motifs is 1. The van der Waals surface area contributed by atoms with Gasteiger partial charge in [-0.25, -0.2) is 4.98 Å². The van der Waals surface area contributed by atoms with Crippen molar-refractivity contribution < 1.29 is 9.72 Å². The number of anilines is 1. The molecule has 0 spiro atoms. The number of hydrogen-bond acceptors (Lipinski definition) is 3. The molecule has 1 aromatic heterocycles. The smallest absolute Gasteiger partial charge is 0.290 e. The molecule has 0 unspecified atom stereocenters. The maximum atomic E-state index is 9.72. The van der Waals surface area contributed by atoms with Crippen LogP contribution in [0.2, 0.25) is 0 Å². The van der Waals surface area contributed by atoms with Crippen molar-refractivity contribution in [1.82, 2.24) is 0 Å². The van der Waals surface area contributed by atoms with E-state index in [1.807, 2.05) is 0 Å². The minimum absolute atomic E-state index is 0.205. The molecule has 126 valence electrons. The van der Waals surface area contributed by atoms with Crippen LogP contribution in [0.5, 0.6) is 0 Å². The molecule has 23 heavy (non-hydrogen) atoms. The van der Waals surface area contributed by atoms with Gasteiger partial charge >= 0.3 is 0 Å². The molecule has 0 radical (unpaired) electrons. The molecule has 2 rings (SSSR count). The van der Waals surface area contributed by atoms with Gasteiger partial charge in [0.25, 0.3) is 5.82 Å². The first-order valence-electron chi connectivity index (χ1n) is 8.90. The predicted octanol–water partition coefficient (Wildman–Crippen LogP) is 3.78. The maximum absolute atomic E-state index is 9.72. The second-order valence-corrected chi connectivity index (χ2v) is 7.03. The number of unbranched alkanes of at least 4 members (excludes halogenated alkanes) is 2. The van der Waals surface area contributed by atoms with Gasteiger partial charge in [-0.1, -0.05) is 20.3 Å². The quantitative estimate of drug-likeness (QED) is 0.779. The van der Waals surface area contributed by atoms with Crippen molar-refractivity contribution in [2.45, 2.75) is 78.4 Å².